The van der Waals surface area contributed by atoms with Crippen molar-refractivity contribution in [2.75, 3.05) is 0 Å². The number of ether oxygens (including phenoxy) is 1. The maximum absolute atomic E-state index is 13.9. The Kier molecular flexibility index (Phi) is 19.2. The zero-order chi connectivity index (χ0) is 36.9. The van der Waals surface area contributed by atoms with Gasteiger partial charge in [0, 0.05) is 22.8 Å². The minimum absolute atomic E-state index is 0.0192. The molecule has 1 atom stereocenters. The van der Waals surface area contributed by atoms with Crippen LogP contribution in [0.1, 0.15) is 185 Å². The van der Waals surface area contributed by atoms with E-state index in [4.69, 9.17) is 4.74 Å². The molecule has 0 radical (unpaired) electrons. The molecule has 0 bridgehead atoms. The topological polar surface area (TPSA) is 121 Å². The molecule has 3 rings (SSSR count). The fraction of sp³-hybridized carbons (Fsp3) is 0.659. The molecule has 1 aliphatic carbocycles. The van der Waals surface area contributed by atoms with Crippen LogP contribution in [0.5, 0.6) is 17.2 Å². The number of hydrogen-bond acceptors (Lipinski definition) is 7. The van der Waals surface area contributed by atoms with E-state index in [0.717, 1.165) is 70.3 Å². The van der Waals surface area contributed by atoms with Crippen LogP contribution >= 0.6 is 0 Å². The van der Waals surface area contributed by atoms with Crippen LogP contribution < -0.4 is 4.74 Å². The number of aliphatic hydroxyl groups is 1. The third-order valence-corrected chi connectivity index (χ3v) is 10.6. The van der Waals surface area contributed by atoms with E-state index in [2.05, 4.69) is 38.2 Å². The van der Waals surface area contributed by atoms with E-state index in [-0.39, 0.29) is 35.3 Å². The van der Waals surface area contributed by atoms with Gasteiger partial charge in [0.15, 0.2) is 23.0 Å². The molecule has 7 heteroatoms. The molecule has 0 amide bonds. The van der Waals surface area contributed by atoms with Crippen LogP contribution in [0.2, 0.25) is 0 Å². The van der Waals surface area contributed by atoms with Crippen molar-refractivity contribution in [2.24, 2.45) is 0 Å². The molecular weight excluding hydrogens is 640 g/mol. The molecule has 2 aliphatic rings. The van der Waals surface area contributed by atoms with Crippen molar-refractivity contribution >= 4 is 17.5 Å². The summed E-state index contributed by atoms with van der Waals surface area (Å²) in [5.41, 5.74) is -2.25. The fourth-order valence-electron chi connectivity index (χ4n) is 7.53. The van der Waals surface area contributed by atoms with Gasteiger partial charge in [-0.25, -0.2) is 4.79 Å². The highest BCUT2D eigenvalue weighted by atomic mass is 16.5. The van der Waals surface area contributed by atoms with Crippen molar-refractivity contribution in [3.8, 4) is 17.2 Å². The fourth-order valence-corrected chi connectivity index (χ4v) is 7.53. The first kappa shape index (κ1) is 42.1. The van der Waals surface area contributed by atoms with Gasteiger partial charge in [0.1, 0.15) is 5.75 Å². The van der Waals surface area contributed by atoms with Gasteiger partial charge in [-0.1, -0.05) is 147 Å². The van der Waals surface area contributed by atoms with E-state index in [9.17, 15) is 29.7 Å². The Morgan fingerprint density at radius 2 is 1.06 bits per heavy atom. The Morgan fingerprint density at radius 3 is 1.63 bits per heavy atom. The molecule has 1 unspecified atom stereocenters. The van der Waals surface area contributed by atoms with Gasteiger partial charge in [0.25, 0.3) is 0 Å². The summed E-state index contributed by atoms with van der Waals surface area (Å²) >= 11 is 0. The first-order valence-corrected chi connectivity index (χ1v) is 20.4. The number of phenolic OH excluding ortho intramolecular Hbond substituents is 2. The Balaban J connectivity index is 1.47. The number of aliphatic hydroxyl groups excluding tert-OH is 1. The van der Waals surface area contributed by atoms with Gasteiger partial charge < -0.3 is 20.1 Å². The highest BCUT2D eigenvalue weighted by Gasteiger charge is 2.67. The standard InChI is InChI=1S/C44H66O7/c1-3-5-7-9-11-13-15-17-18-20-21-23-25-27-29-31-34-38-37(33-36(45)39(34)46)51-43(50)44(38)41(48)35(40(47)42(44)49)32-30-28-26-24-22-19-16-14-12-10-8-6-4-2/h11,13,17-18,33,45-47H,3-10,12,14-16,19-32H2,1-2H3. The van der Waals surface area contributed by atoms with Crippen molar-refractivity contribution in [3.63, 3.8) is 0 Å². The Bertz CT molecular complexity index is 1350. The minimum atomic E-state index is -2.36. The highest BCUT2D eigenvalue weighted by Crippen LogP contribution is 2.53. The Labute approximate surface area is 307 Å². The average molecular weight is 707 g/mol. The Morgan fingerprint density at radius 1 is 0.588 bits per heavy atom. The summed E-state index contributed by atoms with van der Waals surface area (Å²) in [5.74, 6) is -4.56. The monoisotopic (exact) mass is 706 g/mol. The lowest BCUT2D eigenvalue weighted by Gasteiger charge is -2.20. The van der Waals surface area contributed by atoms with E-state index in [0.29, 0.717) is 12.8 Å². The van der Waals surface area contributed by atoms with Crippen LogP contribution in [0.15, 0.2) is 41.7 Å². The molecule has 0 aromatic heterocycles. The summed E-state index contributed by atoms with van der Waals surface area (Å²) in [5, 5.41) is 32.3. The number of Topliss-reactive ketones (excluding diaryl/α,β-unsaturated/α-hetero) is 2. The summed E-state index contributed by atoms with van der Waals surface area (Å²) in [6, 6.07) is 1.08. The molecule has 3 N–H and O–H groups in total. The number of carbonyl (C=O) groups excluding carboxylic acids is 3. The third kappa shape index (κ3) is 11.8. The predicted molar refractivity (Wildman–Crippen MR) is 206 cm³/mol. The smallest absolute Gasteiger partial charge is 0.338 e. The Hall–Kier alpha value is -3.35. The van der Waals surface area contributed by atoms with Gasteiger partial charge in [0.2, 0.25) is 11.2 Å². The molecule has 1 heterocycles. The van der Waals surface area contributed by atoms with Crippen LogP contribution in [0.4, 0.5) is 0 Å². The zero-order valence-electron chi connectivity index (χ0n) is 31.7. The van der Waals surface area contributed by atoms with Crippen molar-refractivity contribution in [1.82, 2.24) is 0 Å². The van der Waals surface area contributed by atoms with Crippen molar-refractivity contribution in [1.29, 1.82) is 0 Å². The molecule has 1 aromatic rings. The summed E-state index contributed by atoms with van der Waals surface area (Å²) < 4.78 is 5.41. The molecule has 1 spiro atoms. The molecule has 1 aromatic carbocycles. The molecule has 284 valence electrons. The van der Waals surface area contributed by atoms with Crippen molar-refractivity contribution in [3.05, 3.63) is 52.8 Å². The van der Waals surface area contributed by atoms with Gasteiger partial charge >= 0.3 is 5.97 Å². The quantitative estimate of drug-likeness (QED) is 0.0198. The molecule has 0 saturated carbocycles. The number of fused-ring (bicyclic) bond motifs is 2. The average Bonchev–Trinajstić information content (AvgIpc) is 3.51. The molecular formula is C44H66O7. The number of esters is 1. The molecule has 1 aliphatic heterocycles. The molecule has 0 saturated heterocycles. The first-order chi connectivity index (χ1) is 24.8. The zero-order valence-corrected chi connectivity index (χ0v) is 31.7. The summed E-state index contributed by atoms with van der Waals surface area (Å²) in [6.07, 6.45) is 36.1. The number of allylic oxidation sites excluding steroid dienone is 6. The summed E-state index contributed by atoms with van der Waals surface area (Å²) in [7, 11) is 0. The van der Waals surface area contributed by atoms with Crippen molar-refractivity contribution in [2.45, 2.75) is 186 Å². The van der Waals surface area contributed by atoms with E-state index < -0.39 is 40.2 Å². The number of ketones is 2. The van der Waals surface area contributed by atoms with E-state index in [1.165, 1.54) is 77.0 Å². The van der Waals surface area contributed by atoms with E-state index >= 15 is 0 Å². The maximum Gasteiger partial charge on any atom is 0.338 e. The van der Waals surface area contributed by atoms with Crippen LogP contribution in [0.3, 0.4) is 0 Å². The number of unbranched alkanes of at least 4 members (excludes halogenated alkanes) is 20. The number of hydrogen-bond donors (Lipinski definition) is 3. The second-order valence-electron chi connectivity index (χ2n) is 14.7. The largest absolute Gasteiger partial charge is 0.504 e. The van der Waals surface area contributed by atoms with Gasteiger partial charge in [0.05, 0.1) is 0 Å². The van der Waals surface area contributed by atoms with Crippen LogP contribution in [0.25, 0.3) is 0 Å². The number of rotatable bonds is 28. The minimum Gasteiger partial charge on any atom is -0.504 e. The number of carbonyl (C=O) groups is 3. The molecule has 0 fully saturated rings. The SMILES string of the molecule is CCCCCC=CCC=CCCCCCCCc1c(O)c(O)cc2c1C1(C(=O)O2)C(=O)C(O)=C(CCCCCCCCCCCCCCC)C1=O. The summed E-state index contributed by atoms with van der Waals surface area (Å²) in [6.45, 7) is 4.45. The lowest BCUT2D eigenvalue weighted by atomic mass is 9.73. The lowest BCUT2D eigenvalue weighted by Crippen LogP contribution is -2.46. The number of aromatic hydroxyl groups is 2. The van der Waals surface area contributed by atoms with Crippen LogP contribution in [-0.4, -0.2) is 32.9 Å². The van der Waals surface area contributed by atoms with E-state index in [1.807, 2.05) is 0 Å². The maximum atomic E-state index is 13.9. The number of benzene rings is 1. The normalized spacial score (nSPS) is 17.3. The highest BCUT2D eigenvalue weighted by molar-refractivity contribution is 6.42. The first-order valence-electron chi connectivity index (χ1n) is 20.4. The van der Waals surface area contributed by atoms with Crippen LogP contribution in [0, 0.1) is 0 Å². The lowest BCUT2D eigenvalue weighted by molar-refractivity contribution is -0.146. The molecule has 7 nitrogen and oxygen atoms in total. The van der Waals surface area contributed by atoms with Gasteiger partial charge in [-0.15, -0.1) is 0 Å². The predicted octanol–water partition coefficient (Wildman–Crippen LogP) is 11.7. The van der Waals surface area contributed by atoms with E-state index in [1.54, 1.807) is 0 Å². The molecule has 51 heavy (non-hydrogen) atoms. The number of phenols is 2. The second-order valence-corrected chi connectivity index (χ2v) is 14.7. The van der Waals surface area contributed by atoms with Gasteiger partial charge in [-0.2, -0.15) is 0 Å². The van der Waals surface area contributed by atoms with Crippen molar-refractivity contribution < 1.29 is 34.4 Å². The van der Waals surface area contributed by atoms with Gasteiger partial charge in [-0.3, -0.25) is 9.59 Å². The summed E-state index contributed by atoms with van der Waals surface area (Å²) in [4.78, 5) is 40.9. The third-order valence-electron chi connectivity index (χ3n) is 10.6. The van der Waals surface area contributed by atoms with Crippen LogP contribution in [-0.2, 0) is 26.2 Å². The second kappa shape index (κ2) is 23.3. The van der Waals surface area contributed by atoms with Gasteiger partial charge in [-0.05, 0) is 57.8 Å².